The first-order chi connectivity index (χ1) is 5.16. The molecule has 1 fully saturated rings. The molecule has 0 amide bonds. The smallest absolute Gasteiger partial charge is 0.250 e. The van der Waals surface area contributed by atoms with E-state index in [9.17, 15) is 13.9 Å². The van der Waals surface area contributed by atoms with Gasteiger partial charge >= 0.3 is 0 Å². The van der Waals surface area contributed by atoms with Crippen molar-refractivity contribution in [2.75, 3.05) is 0 Å². The van der Waals surface area contributed by atoms with Crippen molar-refractivity contribution in [3.63, 3.8) is 0 Å². The lowest BCUT2D eigenvalue weighted by Gasteiger charge is -2.46. The van der Waals surface area contributed by atoms with Crippen molar-refractivity contribution in [1.29, 1.82) is 0 Å². The molecule has 3 heteroatoms. The van der Waals surface area contributed by atoms with Crippen LogP contribution in [0.1, 0.15) is 40.0 Å². The van der Waals surface area contributed by atoms with Crippen LogP contribution in [-0.2, 0) is 0 Å². The minimum atomic E-state index is -2.68. The average Bonchev–Trinajstić information content (AvgIpc) is 1.79. The Morgan fingerprint density at radius 2 is 1.58 bits per heavy atom. The van der Waals surface area contributed by atoms with E-state index in [0.29, 0.717) is 6.42 Å². The maximum Gasteiger partial charge on any atom is 0.250 e. The number of aliphatic hydroxyl groups is 1. The van der Waals surface area contributed by atoms with E-state index in [4.69, 9.17) is 0 Å². The van der Waals surface area contributed by atoms with Crippen molar-refractivity contribution < 1.29 is 13.9 Å². The molecule has 1 nitrogen and oxygen atoms in total. The van der Waals surface area contributed by atoms with Crippen LogP contribution in [-0.4, -0.2) is 16.6 Å². The Hall–Kier alpha value is -0.180. The monoisotopic (exact) mass is 178 g/mol. The van der Waals surface area contributed by atoms with Crippen LogP contribution in [0, 0.1) is 5.41 Å². The summed E-state index contributed by atoms with van der Waals surface area (Å²) in [5.74, 6) is -2.68. The van der Waals surface area contributed by atoms with Crippen molar-refractivity contribution in [3.8, 4) is 0 Å². The lowest BCUT2D eigenvalue weighted by Crippen LogP contribution is -2.50. The summed E-state index contributed by atoms with van der Waals surface area (Å²) in [6.45, 7) is 5.17. The van der Waals surface area contributed by atoms with Gasteiger partial charge in [-0.3, -0.25) is 0 Å². The average molecular weight is 178 g/mol. The fourth-order valence-electron chi connectivity index (χ4n) is 1.60. The Bertz CT molecular complexity index is 185. The molecule has 1 aliphatic carbocycles. The van der Waals surface area contributed by atoms with Crippen LogP contribution in [0.25, 0.3) is 0 Å². The van der Waals surface area contributed by atoms with Crippen LogP contribution in [0.5, 0.6) is 0 Å². The highest BCUT2D eigenvalue weighted by Gasteiger charge is 2.51. The van der Waals surface area contributed by atoms with Gasteiger partial charge in [0, 0.05) is 12.8 Å². The third kappa shape index (κ3) is 1.60. The highest BCUT2D eigenvalue weighted by atomic mass is 19.3. The summed E-state index contributed by atoms with van der Waals surface area (Å²) >= 11 is 0. The van der Waals surface area contributed by atoms with Gasteiger partial charge in [0.2, 0.25) is 0 Å². The molecule has 1 atom stereocenters. The van der Waals surface area contributed by atoms with E-state index in [0.717, 1.165) is 0 Å². The first-order valence-corrected chi connectivity index (χ1v) is 4.27. The van der Waals surface area contributed by atoms with Gasteiger partial charge in [-0.2, -0.15) is 0 Å². The van der Waals surface area contributed by atoms with Crippen molar-refractivity contribution in [3.05, 3.63) is 0 Å². The molecule has 0 unspecified atom stereocenters. The molecule has 0 saturated heterocycles. The van der Waals surface area contributed by atoms with Gasteiger partial charge < -0.3 is 5.11 Å². The van der Waals surface area contributed by atoms with E-state index >= 15 is 0 Å². The minimum Gasteiger partial charge on any atom is -0.389 e. The fourth-order valence-corrected chi connectivity index (χ4v) is 1.60. The molecule has 0 bridgehead atoms. The molecule has 1 aliphatic rings. The Morgan fingerprint density at radius 3 is 1.92 bits per heavy atom. The summed E-state index contributed by atoms with van der Waals surface area (Å²) in [4.78, 5) is 0. The van der Waals surface area contributed by atoms with Gasteiger partial charge in [-0.15, -0.1) is 0 Å². The second-order valence-electron chi connectivity index (χ2n) is 4.69. The zero-order chi connectivity index (χ0) is 9.62. The summed E-state index contributed by atoms with van der Waals surface area (Å²) in [5, 5.41) is 9.76. The summed E-state index contributed by atoms with van der Waals surface area (Å²) in [7, 11) is 0. The molecule has 0 aliphatic heterocycles. The summed E-state index contributed by atoms with van der Waals surface area (Å²) in [6, 6.07) is 0. The maximum atomic E-state index is 12.9. The normalized spacial score (nSPS) is 39.5. The topological polar surface area (TPSA) is 20.2 Å². The summed E-state index contributed by atoms with van der Waals surface area (Å²) in [5.41, 5.74) is -1.64. The van der Waals surface area contributed by atoms with Gasteiger partial charge in [-0.05, 0) is 18.8 Å². The summed E-state index contributed by atoms with van der Waals surface area (Å²) < 4.78 is 25.8. The molecule has 0 aromatic carbocycles. The third-order valence-corrected chi connectivity index (χ3v) is 3.18. The van der Waals surface area contributed by atoms with Crippen LogP contribution < -0.4 is 0 Å². The lowest BCUT2D eigenvalue weighted by molar-refractivity contribution is -0.173. The summed E-state index contributed by atoms with van der Waals surface area (Å²) in [6.07, 6.45) is -0.129. The predicted octanol–water partition coefficient (Wildman–Crippen LogP) is 2.58. The van der Waals surface area contributed by atoms with Gasteiger partial charge in [0.15, 0.2) is 0 Å². The molecule has 1 N–H and O–H groups in total. The van der Waals surface area contributed by atoms with Crippen LogP contribution in [0.2, 0.25) is 0 Å². The van der Waals surface area contributed by atoms with Crippen molar-refractivity contribution in [2.24, 2.45) is 5.41 Å². The number of alkyl halides is 2. The SMILES string of the molecule is CC1(C)CCC(F)(F)C[C@]1(C)O. The van der Waals surface area contributed by atoms with Gasteiger partial charge in [0.1, 0.15) is 0 Å². The molecular formula is C9H16F2O. The van der Waals surface area contributed by atoms with Gasteiger partial charge in [0.05, 0.1) is 5.60 Å². The van der Waals surface area contributed by atoms with Crippen LogP contribution >= 0.6 is 0 Å². The molecular weight excluding hydrogens is 162 g/mol. The maximum absolute atomic E-state index is 12.9. The van der Waals surface area contributed by atoms with E-state index < -0.39 is 23.4 Å². The zero-order valence-electron chi connectivity index (χ0n) is 7.82. The molecule has 0 radical (unpaired) electrons. The number of rotatable bonds is 0. The Balaban J connectivity index is 2.82. The standard InChI is InChI=1S/C9H16F2O/c1-7(2)4-5-9(10,11)6-8(7,3)12/h12H,4-6H2,1-3H3/t8-/m0/s1. The van der Waals surface area contributed by atoms with Gasteiger partial charge in [-0.1, -0.05) is 13.8 Å². The highest BCUT2D eigenvalue weighted by molar-refractivity contribution is 4.98. The second kappa shape index (κ2) is 2.41. The van der Waals surface area contributed by atoms with Crippen LogP contribution in [0.3, 0.4) is 0 Å². The fraction of sp³-hybridized carbons (Fsp3) is 1.00. The molecule has 72 valence electrons. The molecule has 1 rings (SSSR count). The lowest BCUT2D eigenvalue weighted by atomic mass is 9.65. The Morgan fingerprint density at radius 1 is 1.08 bits per heavy atom. The first kappa shape index (κ1) is 9.90. The van der Waals surface area contributed by atoms with Crippen molar-refractivity contribution in [2.45, 2.75) is 51.6 Å². The highest BCUT2D eigenvalue weighted by Crippen LogP contribution is 2.49. The quantitative estimate of drug-likeness (QED) is 0.604. The molecule has 12 heavy (non-hydrogen) atoms. The molecule has 0 aromatic rings. The Labute approximate surface area is 71.8 Å². The third-order valence-electron chi connectivity index (χ3n) is 3.18. The van der Waals surface area contributed by atoms with Crippen molar-refractivity contribution >= 4 is 0 Å². The molecule has 1 saturated carbocycles. The van der Waals surface area contributed by atoms with Crippen LogP contribution in [0.15, 0.2) is 0 Å². The molecule has 0 heterocycles. The Kier molecular flexibility index (Phi) is 1.99. The minimum absolute atomic E-state index is 0.101. The second-order valence-corrected chi connectivity index (χ2v) is 4.69. The van der Waals surface area contributed by atoms with E-state index in [2.05, 4.69) is 0 Å². The number of halogens is 2. The van der Waals surface area contributed by atoms with E-state index in [1.807, 2.05) is 13.8 Å². The van der Waals surface area contributed by atoms with E-state index in [1.165, 1.54) is 6.92 Å². The molecule has 0 aromatic heterocycles. The van der Waals surface area contributed by atoms with E-state index in [-0.39, 0.29) is 6.42 Å². The van der Waals surface area contributed by atoms with Crippen LogP contribution in [0.4, 0.5) is 8.78 Å². The zero-order valence-corrected chi connectivity index (χ0v) is 7.82. The number of hydrogen-bond acceptors (Lipinski definition) is 1. The van der Waals surface area contributed by atoms with Crippen molar-refractivity contribution in [1.82, 2.24) is 0 Å². The largest absolute Gasteiger partial charge is 0.389 e. The predicted molar refractivity (Wildman–Crippen MR) is 43.2 cm³/mol. The molecule has 0 spiro atoms. The van der Waals surface area contributed by atoms with Gasteiger partial charge in [-0.25, -0.2) is 8.78 Å². The van der Waals surface area contributed by atoms with E-state index in [1.54, 1.807) is 0 Å². The van der Waals surface area contributed by atoms with Gasteiger partial charge in [0.25, 0.3) is 5.92 Å². The first-order valence-electron chi connectivity index (χ1n) is 4.27. The number of hydrogen-bond donors (Lipinski definition) is 1.